The van der Waals surface area contributed by atoms with Crippen molar-refractivity contribution in [3.63, 3.8) is 0 Å². The normalized spacial score (nSPS) is 18.7. The van der Waals surface area contributed by atoms with Gasteiger partial charge in [-0.3, -0.25) is 0 Å². The van der Waals surface area contributed by atoms with Crippen LogP contribution in [0.4, 0.5) is 0 Å². The van der Waals surface area contributed by atoms with Gasteiger partial charge in [0.15, 0.2) is 5.54 Å². The van der Waals surface area contributed by atoms with Crippen LogP contribution in [0.3, 0.4) is 0 Å². The van der Waals surface area contributed by atoms with E-state index in [4.69, 9.17) is 20.2 Å². The van der Waals surface area contributed by atoms with Gasteiger partial charge in [-0.1, -0.05) is 17.9 Å². The molecule has 2 N–H and O–H groups in total. The van der Waals surface area contributed by atoms with Gasteiger partial charge in [0, 0.05) is 40.7 Å². The molecule has 1 aromatic carbocycles. The first-order valence-electron chi connectivity index (χ1n) is 9.94. The molecule has 31 heavy (non-hydrogen) atoms. The Morgan fingerprint density at radius 3 is 2.55 bits per heavy atom. The van der Waals surface area contributed by atoms with Crippen LogP contribution in [0.5, 0.6) is 11.6 Å². The highest BCUT2D eigenvalue weighted by atomic mass is 16.5. The van der Waals surface area contributed by atoms with Crippen molar-refractivity contribution in [3.8, 4) is 34.6 Å². The van der Waals surface area contributed by atoms with Crippen LogP contribution in [0.1, 0.15) is 37.5 Å². The molecular weight excluding hydrogens is 390 g/mol. The van der Waals surface area contributed by atoms with Crippen LogP contribution < -0.4 is 10.5 Å². The number of nitrogens with two attached hydrogens (primary N) is 1. The number of fused-ring (bicyclic) bond motifs is 4. The highest BCUT2D eigenvalue weighted by Gasteiger charge is 2.47. The molecule has 2 aliphatic rings. The zero-order valence-corrected chi connectivity index (χ0v) is 17.5. The second-order valence-electron chi connectivity index (χ2n) is 8.62. The maximum atomic E-state index is 6.13. The van der Waals surface area contributed by atoms with E-state index in [2.05, 4.69) is 47.6 Å². The first-order valence-corrected chi connectivity index (χ1v) is 9.94. The number of amidine groups is 1. The fourth-order valence-electron chi connectivity index (χ4n) is 3.68. The molecule has 0 aliphatic carbocycles. The van der Waals surface area contributed by atoms with Crippen LogP contribution in [-0.2, 0) is 10.3 Å². The molecule has 2 aromatic heterocycles. The highest BCUT2D eigenvalue weighted by molar-refractivity contribution is 5.77. The molecule has 2 aliphatic heterocycles. The lowest BCUT2D eigenvalue weighted by Crippen LogP contribution is -2.31. The van der Waals surface area contributed by atoms with Gasteiger partial charge < -0.3 is 15.2 Å². The van der Waals surface area contributed by atoms with E-state index in [1.807, 2.05) is 24.3 Å². The lowest BCUT2D eigenvalue weighted by molar-refractivity contribution is 0.262. The number of ether oxygens (including phenoxy) is 2. The number of aliphatic imine (C=N–C) groups is 1. The zero-order valence-electron chi connectivity index (χ0n) is 17.5. The number of hydrogen-bond acceptors (Lipinski definition) is 7. The van der Waals surface area contributed by atoms with E-state index in [1.165, 1.54) is 6.33 Å². The third-order valence-corrected chi connectivity index (χ3v) is 5.13. The van der Waals surface area contributed by atoms with Gasteiger partial charge in [0.05, 0.1) is 5.56 Å². The summed E-state index contributed by atoms with van der Waals surface area (Å²) >= 11 is 0. The van der Waals surface area contributed by atoms with E-state index in [9.17, 15) is 0 Å². The summed E-state index contributed by atoms with van der Waals surface area (Å²) in [5, 5.41) is 0. The molecule has 3 aromatic rings. The Labute approximate surface area is 180 Å². The minimum atomic E-state index is -0.856. The fourth-order valence-corrected chi connectivity index (χ4v) is 3.68. The molecule has 0 saturated carbocycles. The molecule has 5 rings (SSSR count). The molecule has 1 unspecified atom stereocenters. The summed E-state index contributed by atoms with van der Waals surface area (Å²) in [5.74, 6) is 7.60. The van der Waals surface area contributed by atoms with Crippen LogP contribution in [0, 0.1) is 17.3 Å². The van der Waals surface area contributed by atoms with Crippen LogP contribution in [-0.4, -0.2) is 27.6 Å². The van der Waals surface area contributed by atoms with Gasteiger partial charge in [-0.05, 0) is 44.5 Å². The van der Waals surface area contributed by atoms with Crippen LogP contribution in [0.15, 0.2) is 54.2 Å². The van der Waals surface area contributed by atoms with Crippen molar-refractivity contribution >= 4 is 6.02 Å². The van der Waals surface area contributed by atoms with Crippen molar-refractivity contribution in [2.24, 2.45) is 16.1 Å². The number of rotatable bonds is 1. The smallest absolute Gasteiger partial charge is 0.283 e. The number of hydrogen-bond donors (Lipinski definition) is 1. The van der Waals surface area contributed by atoms with Crippen LogP contribution >= 0.6 is 0 Å². The van der Waals surface area contributed by atoms with Gasteiger partial charge in [0.1, 0.15) is 18.7 Å². The Bertz CT molecular complexity index is 1270. The number of nitrogens with zero attached hydrogens (tertiary/aromatic N) is 4. The third-order valence-electron chi connectivity index (χ3n) is 5.13. The number of aromatic nitrogens is 3. The van der Waals surface area contributed by atoms with Gasteiger partial charge in [-0.2, -0.15) is 0 Å². The highest BCUT2D eigenvalue weighted by Crippen LogP contribution is 2.51. The molecule has 4 heterocycles. The summed E-state index contributed by atoms with van der Waals surface area (Å²) < 4.78 is 11.8. The van der Waals surface area contributed by atoms with Crippen LogP contribution in [0.2, 0.25) is 0 Å². The van der Waals surface area contributed by atoms with E-state index < -0.39 is 5.54 Å². The largest absolute Gasteiger partial charge is 0.462 e. The summed E-state index contributed by atoms with van der Waals surface area (Å²) in [6.45, 7) is 6.46. The van der Waals surface area contributed by atoms with Crippen molar-refractivity contribution in [3.05, 3.63) is 65.9 Å². The summed E-state index contributed by atoms with van der Waals surface area (Å²) in [7, 11) is 0. The molecule has 7 heteroatoms. The SMILES string of the molecule is CC(C)(C)C#Cc1cnc2c(c1)C1(COC(N)=N1)c1cc(-c3cncnc3)ccc1O2. The first-order chi connectivity index (χ1) is 14.8. The van der Waals surface area contributed by atoms with Gasteiger partial charge in [-0.15, -0.1) is 0 Å². The zero-order chi connectivity index (χ0) is 21.6. The molecule has 0 amide bonds. The Hall–Kier alpha value is -3.92. The Morgan fingerprint density at radius 1 is 1.03 bits per heavy atom. The molecule has 1 spiro atoms. The van der Waals surface area contributed by atoms with E-state index in [1.54, 1.807) is 18.6 Å². The van der Waals surface area contributed by atoms with Crippen molar-refractivity contribution in [1.82, 2.24) is 15.0 Å². The van der Waals surface area contributed by atoms with E-state index in [0.29, 0.717) is 11.6 Å². The first kappa shape index (κ1) is 19.1. The predicted molar refractivity (Wildman–Crippen MR) is 116 cm³/mol. The fraction of sp³-hybridized carbons (Fsp3) is 0.250. The Balaban J connectivity index is 1.69. The van der Waals surface area contributed by atoms with Crippen LogP contribution in [0.25, 0.3) is 11.1 Å². The van der Waals surface area contributed by atoms with Crippen molar-refractivity contribution in [1.29, 1.82) is 0 Å². The summed E-state index contributed by atoms with van der Waals surface area (Å²) in [6, 6.07) is 7.99. The second kappa shape index (κ2) is 6.81. The number of benzene rings is 1. The molecule has 0 bridgehead atoms. The standard InChI is InChI=1S/C24H21N5O2/c1-23(2,3)7-6-15-8-19-21(28-10-15)31-20-5-4-16(17-11-26-14-27-12-17)9-18(20)24(19)13-30-22(25)29-24/h4-5,8-12,14H,13H2,1-3H3,(H2,25,29). The number of pyridine rings is 1. The second-order valence-corrected chi connectivity index (χ2v) is 8.62. The Morgan fingerprint density at radius 2 is 1.84 bits per heavy atom. The average Bonchev–Trinajstić information content (AvgIpc) is 3.15. The van der Waals surface area contributed by atoms with Crippen molar-refractivity contribution in [2.45, 2.75) is 26.3 Å². The monoisotopic (exact) mass is 411 g/mol. The van der Waals surface area contributed by atoms with Crippen molar-refractivity contribution in [2.75, 3.05) is 6.61 Å². The summed E-state index contributed by atoms with van der Waals surface area (Å²) in [5.41, 5.74) is 9.26. The minimum Gasteiger partial charge on any atom is -0.462 e. The molecule has 154 valence electrons. The summed E-state index contributed by atoms with van der Waals surface area (Å²) in [4.78, 5) is 17.5. The lowest BCUT2D eigenvalue weighted by Gasteiger charge is -2.33. The average molecular weight is 411 g/mol. The molecule has 0 fully saturated rings. The maximum absolute atomic E-state index is 6.13. The lowest BCUT2D eigenvalue weighted by atomic mass is 9.81. The van der Waals surface area contributed by atoms with E-state index in [-0.39, 0.29) is 18.0 Å². The molecule has 7 nitrogen and oxygen atoms in total. The predicted octanol–water partition coefficient (Wildman–Crippen LogP) is 3.63. The third kappa shape index (κ3) is 3.36. The molecule has 1 atom stereocenters. The quantitative estimate of drug-likeness (QED) is 0.615. The van der Waals surface area contributed by atoms with Gasteiger partial charge in [0.2, 0.25) is 5.88 Å². The van der Waals surface area contributed by atoms with Gasteiger partial charge >= 0.3 is 0 Å². The molecule has 0 saturated heterocycles. The van der Waals surface area contributed by atoms with Gasteiger partial charge in [-0.25, -0.2) is 19.9 Å². The molecular formula is C24H21N5O2. The van der Waals surface area contributed by atoms with E-state index >= 15 is 0 Å². The van der Waals surface area contributed by atoms with Gasteiger partial charge in [0.25, 0.3) is 6.02 Å². The Kier molecular flexibility index (Phi) is 4.19. The maximum Gasteiger partial charge on any atom is 0.283 e. The molecule has 0 radical (unpaired) electrons. The summed E-state index contributed by atoms with van der Waals surface area (Å²) in [6.07, 6.45) is 6.76. The van der Waals surface area contributed by atoms with E-state index in [0.717, 1.165) is 27.8 Å². The minimum absolute atomic E-state index is 0.123. The topological polar surface area (TPSA) is 95.5 Å². The van der Waals surface area contributed by atoms with Crippen molar-refractivity contribution < 1.29 is 9.47 Å².